The van der Waals surface area contributed by atoms with Crippen molar-refractivity contribution >= 4 is 22.6 Å². The number of halogens is 1. The van der Waals surface area contributed by atoms with E-state index in [1.165, 1.54) is 35.7 Å². The molecule has 1 nitrogen and oxygen atoms in total. The Morgan fingerprint density at radius 3 is 2.69 bits per heavy atom. The number of rotatable bonds is 3. The van der Waals surface area contributed by atoms with Crippen LogP contribution in [0.3, 0.4) is 0 Å². The monoisotopic (exact) mass is 330 g/mol. The zero-order valence-electron chi connectivity index (χ0n) is 9.79. The van der Waals surface area contributed by atoms with Crippen molar-refractivity contribution in [3.05, 3.63) is 27.8 Å². The van der Waals surface area contributed by atoms with Gasteiger partial charge in [0.15, 0.2) is 0 Å². The first-order valence-corrected chi connectivity index (χ1v) is 7.28. The lowest BCUT2D eigenvalue weighted by atomic mass is 9.85. The molecule has 0 aliphatic heterocycles. The zero-order valence-corrected chi connectivity index (χ0v) is 11.9. The highest BCUT2D eigenvalue weighted by molar-refractivity contribution is 14.1. The topological polar surface area (TPSA) is 9.23 Å². The van der Waals surface area contributed by atoms with Crippen LogP contribution in [0.2, 0.25) is 0 Å². The van der Waals surface area contributed by atoms with Gasteiger partial charge in [-0.3, -0.25) is 0 Å². The quantitative estimate of drug-likeness (QED) is 0.734. The van der Waals surface area contributed by atoms with E-state index in [0.717, 1.165) is 11.7 Å². The number of ether oxygens (including phenoxy) is 1. The van der Waals surface area contributed by atoms with Crippen molar-refractivity contribution in [3.63, 3.8) is 0 Å². The van der Waals surface area contributed by atoms with Crippen LogP contribution >= 0.6 is 22.6 Å². The fourth-order valence-electron chi connectivity index (χ4n) is 2.43. The predicted octanol–water partition coefficient (Wildman–Crippen LogP) is 4.64. The highest BCUT2D eigenvalue weighted by atomic mass is 127. The molecular formula is C14H19IO. The molecule has 2 atom stereocenters. The second-order valence-corrected chi connectivity index (χ2v) is 5.88. The van der Waals surface area contributed by atoms with E-state index in [1.807, 2.05) is 0 Å². The Morgan fingerprint density at radius 1 is 1.25 bits per heavy atom. The van der Waals surface area contributed by atoms with Gasteiger partial charge >= 0.3 is 0 Å². The van der Waals surface area contributed by atoms with Crippen molar-refractivity contribution in [2.75, 3.05) is 0 Å². The summed E-state index contributed by atoms with van der Waals surface area (Å²) in [4.78, 5) is 0. The van der Waals surface area contributed by atoms with Gasteiger partial charge in [-0.2, -0.15) is 0 Å². The standard InChI is InChI=1S/C14H19IO/c1-2-11-4-3-5-14(10-11)16-13-8-6-12(15)7-9-13/h6-9,11,14H,2-5,10H2,1H3. The minimum Gasteiger partial charge on any atom is -0.490 e. The molecule has 0 saturated heterocycles. The van der Waals surface area contributed by atoms with Crippen molar-refractivity contribution < 1.29 is 4.74 Å². The van der Waals surface area contributed by atoms with Crippen molar-refractivity contribution in [1.29, 1.82) is 0 Å². The summed E-state index contributed by atoms with van der Waals surface area (Å²) in [7, 11) is 0. The third kappa shape index (κ3) is 3.37. The van der Waals surface area contributed by atoms with E-state index >= 15 is 0 Å². The van der Waals surface area contributed by atoms with Gasteiger partial charge < -0.3 is 4.74 Å². The van der Waals surface area contributed by atoms with Crippen LogP contribution in [0.5, 0.6) is 5.75 Å². The fourth-order valence-corrected chi connectivity index (χ4v) is 2.78. The molecule has 0 aromatic heterocycles. The molecule has 0 amide bonds. The molecule has 2 rings (SSSR count). The Kier molecular flexibility index (Phi) is 4.50. The van der Waals surface area contributed by atoms with Crippen LogP contribution in [0.25, 0.3) is 0 Å². The van der Waals surface area contributed by atoms with E-state index in [0.29, 0.717) is 6.10 Å². The third-order valence-electron chi connectivity index (χ3n) is 3.43. The maximum atomic E-state index is 6.04. The lowest BCUT2D eigenvalue weighted by molar-refractivity contribution is 0.122. The molecule has 0 bridgehead atoms. The van der Waals surface area contributed by atoms with Crippen LogP contribution in [-0.2, 0) is 0 Å². The van der Waals surface area contributed by atoms with Crippen molar-refractivity contribution in [2.45, 2.75) is 45.1 Å². The molecule has 0 radical (unpaired) electrons. The SMILES string of the molecule is CCC1CCCC(Oc2ccc(I)cc2)C1. The Balaban J connectivity index is 1.91. The first kappa shape index (κ1) is 12.2. The van der Waals surface area contributed by atoms with Crippen LogP contribution < -0.4 is 4.74 Å². The van der Waals surface area contributed by atoms with Crippen molar-refractivity contribution in [1.82, 2.24) is 0 Å². The van der Waals surface area contributed by atoms with Gasteiger partial charge in [-0.25, -0.2) is 0 Å². The molecule has 16 heavy (non-hydrogen) atoms. The van der Waals surface area contributed by atoms with Crippen LogP contribution in [0.1, 0.15) is 39.0 Å². The molecule has 1 aromatic rings. The molecular weight excluding hydrogens is 311 g/mol. The molecule has 0 spiro atoms. The molecule has 1 aromatic carbocycles. The fraction of sp³-hybridized carbons (Fsp3) is 0.571. The van der Waals surface area contributed by atoms with Crippen LogP contribution in [0.15, 0.2) is 24.3 Å². The largest absolute Gasteiger partial charge is 0.490 e. The molecule has 1 fully saturated rings. The summed E-state index contributed by atoms with van der Waals surface area (Å²) in [6.07, 6.45) is 6.92. The molecule has 2 heteroatoms. The van der Waals surface area contributed by atoms with Crippen molar-refractivity contribution in [2.24, 2.45) is 5.92 Å². The second-order valence-electron chi connectivity index (χ2n) is 4.63. The number of hydrogen-bond donors (Lipinski definition) is 0. The molecule has 1 aliphatic carbocycles. The number of hydrogen-bond acceptors (Lipinski definition) is 1. The van der Waals surface area contributed by atoms with E-state index in [2.05, 4.69) is 53.8 Å². The minimum atomic E-state index is 0.443. The predicted molar refractivity (Wildman–Crippen MR) is 75.8 cm³/mol. The van der Waals surface area contributed by atoms with E-state index in [-0.39, 0.29) is 0 Å². The normalized spacial score (nSPS) is 25.4. The van der Waals surface area contributed by atoms with E-state index in [1.54, 1.807) is 0 Å². The first-order chi connectivity index (χ1) is 7.78. The molecule has 2 unspecified atom stereocenters. The van der Waals surface area contributed by atoms with E-state index in [4.69, 9.17) is 4.74 Å². The lowest BCUT2D eigenvalue weighted by Crippen LogP contribution is -2.25. The molecule has 0 N–H and O–H groups in total. The Hall–Kier alpha value is -0.250. The Bertz CT molecular complexity index is 320. The summed E-state index contributed by atoms with van der Waals surface area (Å²) >= 11 is 2.32. The van der Waals surface area contributed by atoms with Gasteiger partial charge in [0.25, 0.3) is 0 Å². The first-order valence-electron chi connectivity index (χ1n) is 6.20. The molecule has 1 aliphatic rings. The second kappa shape index (κ2) is 5.89. The zero-order chi connectivity index (χ0) is 11.4. The van der Waals surface area contributed by atoms with Crippen LogP contribution in [0, 0.1) is 9.49 Å². The molecule has 0 heterocycles. The maximum Gasteiger partial charge on any atom is 0.119 e. The molecule has 88 valence electrons. The summed E-state index contributed by atoms with van der Waals surface area (Å²) in [5.74, 6) is 1.91. The van der Waals surface area contributed by atoms with Gasteiger partial charge in [0, 0.05) is 3.57 Å². The average molecular weight is 330 g/mol. The van der Waals surface area contributed by atoms with Gasteiger partial charge in [-0.1, -0.05) is 19.8 Å². The lowest BCUT2D eigenvalue weighted by Gasteiger charge is -2.28. The van der Waals surface area contributed by atoms with E-state index in [9.17, 15) is 0 Å². The van der Waals surface area contributed by atoms with Crippen LogP contribution in [0.4, 0.5) is 0 Å². The summed E-state index contributed by atoms with van der Waals surface area (Å²) in [6.45, 7) is 2.29. The van der Waals surface area contributed by atoms with Gasteiger partial charge in [-0.05, 0) is 72.0 Å². The maximum absolute atomic E-state index is 6.04. The van der Waals surface area contributed by atoms with Gasteiger partial charge in [0.2, 0.25) is 0 Å². The summed E-state index contributed by atoms with van der Waals surface area (Å²) < 4.78 is 7.30. The minimum absolute atomic E-state index is 0.443. The van der Waals surface area contributed by atoms with Crippen LogP contribution in [-0.4, -0.2) is 6.10 Å². The highest BCUT2D eigenvalue weighted by Gasteiger charge is 2.21. The smallest absolute Gasteiger partial charge is 0.119 e. The Labute approximate surface area is 112 Å². The summed E-state index contributed by atoms with van der Waals surface area (Å²) in [6, 6.07) is 8.38. The Morgan fingerprint density at radius 2 is 2.00 bits per heavy atom. The highest BCUT2D eigenvalue weighted by Crippen LogP contribution is 2.29. The van der Waals surface area contributed by atoms with Gasteiger partial charge in [-0.15, -0.1) is 0 Å². The summed E-state index contributed by atoms with van der Waals surface area (Å²) in [5, 5.41) is 0. The summed E-state index contributed by atoms with van der Waals surface area (Å²) in [5.41, 5.74) is 0. The van der Waals surface area contributed by atoms with E-state index < -0.39 is 0 Å². The van der Waals surface area contributed by atoms with Gasteiger partial charge in [0.1, 0.15) is 5.75 Å². The van der Waals surface area contributed by atoms with Gasteiger partial charge in [0.05, 0.1) is 6.10 Å². The third-order valence-corrected chi connectivity index (χ3v) is 4.15. The average Bonchev–Trinajstić information content (AvgIpc) is 2.32. The number of benzene rings is 1. The van der Waals surface area contributed by atoms with Crippen molar-refractivity contribution in [3.8, 4) is 5.75 Å². The molecule has 1 saturated carbocycles.